The highest BCUT2D eigenvalue weighted by Crippen LogP contribution is 2.37. The number of aliphatic hydroxyl groups excluding tert-OH is 1. The van der Waals surface area contributed by atoms with Crippen molar-refractivity contribution in [3.8, 4) is 11.5 Å². The molecule has 4 N–H and O–H groups in total. The summed E-state index contributed by atoms with van der Waals surface area (Å²) in [7, 11) is 0. The average molecular weight is 447 g/mol. The predicted octanol–water partition coefficient (Wildman–Crippen LogP) is 3.30. The molecular formula is C24H31ClN2O4. The fourth-order valence-electron chi connectivity index (χ4n) is 4.25. The lowest BCUT2D eigenvalue weighted by atomic mass is 9.92. The number of nitrogens with two attached hydrogens (primary N) is 1. The van der Waals surface area contributed by atoms with E-state index in [1.807, 2.05) is 30.3 Å². The number of hydrogen-bond donors (Lipinski definition) is 3. The Kier molecular flexibility index (Phi) is 8.18. The largest absolute Gasteiger partial charge is 0.490 e. The van der Waals surface area contributed by atoms with Crippen LogP contribution in [-0.4, -0.2) is 35.8 Å². The Balaban J connectivity index is 0.00000272. The van der Waals surface area contributed by atoms with Crippen LogP contribution >= 0.6 is 12.4 Å². The number of carbonyl (C=O) groups is 1. The molecule has 0 saturated heterocycles. The van der Waals surface area contributed by atoms with E-state index in [1.165, 1.54) is 11.1 Å². The minimum absolute atomic E-state index is 0. The molecule has 4 rings (SSSR count). The zero-order valence-corrected chi connectivity index (χ0v) is 18.4. The van der Waals surface area contributed by atoms with Crippen LogP contribution in [0.5, 0.6) is 11.5 Å². The maximum Gasteiger partial charge on any atom is 0.239 e. The zero-order valence-electron chi connectivity index (χ0n) is 17.5. The molecular weight excluding hydrogens is 416 g/mol. The van der Waals surface area contributed by atoms with Crippen molar-refractivity contribution < 1.29 is 19.4 Å². The van der Waals surface area contributed by atoms with Crippen LogP contribution in [-0.2, 0) is 11.2 Å². The van der Waals surface area contributed by atoms with Crippen LogP contribution in [0, 0.1) is 0 Å². The summed E-state index contributed by atoms with van der Waals surface area (Å²) < 4.78 is 12.4. The van der Waals surface area contributed by atoms with Gasteiger partial charge in [-0.05, 0) is 67.9 Å². The molecule has 7 heteroatoms. The number of aryl methyl sites for hydroxylation is 1. The second-order valence-corrected chi connectivity index (χ2v) is 8.21. The van der Waals surface area contributed by atoms with E-state index in [1.54, 1.807) is 0 Å². The molecule has 1 fully saturated rings. The summed E-state index contributed by atoms with van der Waals surface area (Å²) in [5.41, 5.74) is 7.97. The van der Waals surface area contributed by atoms with Crippen LogP contribution in [0.4, 0.5) is 0 Å². The van der Waals surface area contributed by atoms with Gasteiger partial charge in [-0.3, -0.25) is 4.79 Å². The molecule has 168 valence electrons. The highest BCUT2D eigenvalue weighted by Gasteiger charge is 2.26. The van der Waals surface area contributed by atoms with Crippen molar-refractivity contribution in [1.82, 2.24) is 5.32 Å². The number of halogens is 1. The normalized spacial score (nSPS) is 23.5. The first kappa shape index (κ1) is 23.4. The van der Waals surface area contributed by atoms with E-state index in [4.69, 9.17) is 20.3 Å². The molecule has 1 aliphatic heterocycles. The third-order valence-electron chi connectivity index (χ3n) is 6.01. The van der Waals surface area contributed by atoms with E-state index in [9.17, 15) is 4.79 Å². The summed E-state index contributed by atoms with van der Waals surface area (Å²) in [6.45, 7) is -0.335. The smallest absolute Gasteiger partial charge is 0.239 e. The van der Waals surface area contributed by atoms with Gasteiger partial charge in [0.25, 0.3) is 0 Å². The topological polar surface area (TPSA) is 93.8 Å². The molecule has 2 aromatic carbocycles. The monoisotopic (exact) mass is 446 g/mol. The average Bonchev–Trinajstić information content (AvgIpc) is 2.80. The van der Waals surface area contributed by atoms with Crippen LogP contribution in [0.15, 0.2) is 48.5 Å². The lowest BCUT2D eigenvalue weighted by molar-refractivity contribution is -0.124. The van der Waals surface area contributed by atoms with Gasteiger partial charge in [-0.25, -0.2) is 0 Å². The summed E-state index contributed by atoms with van der Waals surface area (Å²) >= 11 is 0. The van der Waals surface area contributed by atoms with E-state index < -0.39 is 6.04 Å². The SMILES string of the molecule is Cl.NC(CO)C(=O)NC1CCC(Oc2ccc3c(c2)CCC(c2ccccc2)O3)CC1. The molecule has 6 nitrogen and oxygen atoms in total. The van der Waals surface area contributed by atoms with E-state index >= 15 is 0 Å². The highest BCUT2D eigenvalue weighted by molar-refractivity contribution is 5.85. The van der Waals surface area contributed by atoms with Gasteiger partial charge in [0, 0.05) is 6.04 Å². The quantitative estimate of drug-likeness (QED) is 0.633. The number of ether oxygens (including phenoxy) is 2. The van der Waals surface area contributed by atoms with E-state index in [2.05, 4.69) is 23.5 Å². The summed E-state index contributed by atoms with van der Waals surface area (Å²) in [4.78, 5) is 11.8. The molecule has 1 aliphatic carbocycles. The Morgan fingerprint density at radius 1 is 1.13 bits per heavy atom. The van der Waals surface area contributed by atoms with Gasteiger partial charge in [0.2, 0.25) is 5.91 Å². The second-order valence-electron chi connectivity index (χ2n) is 8.21. The molecule has 1 amide bonds. The number of benzene rings is 2. The van der Waals surface area contributed by atoms with Gasteiger partial charge >= 0.3 is 0 Å². The van der Waals surface area contributed by atoms with Crippen molar-refractivity contribution in [2.75, 3.05) is 6.61 Å². The Labute approximate surface area is 189 Å². The fraction of sp³-hybridized carbons (Fsp3) is 0.458. The number of fused-ring (bicyclic) bond motifs is 1. The number of nitrogens with one attached hydrogen (secondary N) is 1. The van der Waals surface area contributed by atoms with Crippen LogP contribution in [0.2, 0.25) is 0 Å². The van der Waals surface area contributed by atoms with Crippen LogP contribution in [0.3, 0.4) is 0 Å². The Hall–Kier alpha value is -2.28. The molecule has 1 saturated carbocycles. The van der Waals surface area contributed by atoms with E-state index in [-0.39, 0.29) is 43.2 Å². The number of aliphatic hydroxyl groups is 1. The molecule has 0 aromatic heterocycles. The van der Waals surface area contributed by atoms with Gasteiger partial charge in [-0.2, -0.15) is 0 Å². The summed E-state index contributed by atoms with van der Waals surface area (Å²) in [5.74, 6) is 1.53. The lowest BCUT2D eigenvalue weighted by Gasteiger charge is -2.31. The molecule has 0 spiro atoms. The van der Waals surface area contributed by atoms with Crippen LogP contribution < -0.4 is 20.5 Å². The standard InChI is InChI=1S/C24H30N2O4.ClH/c25-21(15-27)24(28)26-18-7-9-19(10-8-18)29-20-11-13-23-17(14-20)6-12-22(30-23)16-4-2-1-3-5-16;/h1-5,11,13-14,18-19,21-22,27H,6-10,12,15,25H2,(H,26,28);1H. The van der Waals surface area contributed by atoms with Gasteiger partial charge in [-0.15, -0.1) is 12.4 Å². The number of hydrogen-bond acceptors (Lipinski definition) is 5. The molecule has 1 heterocycles. The zero-order chi connectivity index (χ0) is 20.9. The number of amides is 1. The molecule has 0 radical (unpaired) electrons. The highest BCUT2D eigenvalue weighted by atomic mass is 35.5. The van der Waals surface area contributed by atoms with Gasteiger partial charge < -0.3 is 25.6 Å². The maximum absolute atomic E-state index is 11.8. The Morgan fingerprint density at radius 3 is 2.58 bits per heavy atom. The first-order valence-electron chi connectivity index (χ1n) is 10.8. The Morgan fingerprint density at radius 2 is 1.87 bits per heavy atom. The summed E-state index contributed by atoms with van der Waals surface area (Å²) in [6, 6.07) is 15.7. The fourth-order valence-corrected chi connectivity index (χ4v) is 4.25. The minimum atomic E-state index is -0.849. The second kappa shape index (κ2) is 10.8. The van der Waals surface area contributed by atoms with Gasteiger partial charge in [0.1, 0.15) is 23.6 Å². The van der Waals surface area contributed by atoms with Crippen molar-refractivity contribution in [3.63, 3.8) is 0 Å². The lowest BCUT2D eigenvalue weighted by Crippen LogP contribution is -2.48. The van der Waals surface area contributed by atoms with Crippen LogP contribution in [0.1, 0.15) is 49.3 Å². The minimum Gasteiger partial charge on any atom is -0.490 e. The molecule has 2 atom stereocenters. The summed E-state index contributed by atoms with van der Waals surface area (Å²) in [6.07, 6.45) is 5.63. The molecule has 2 unspecified atom stereocenters. The van der Waals surface area contributed by atoms with Crippen molar-refractivity contribution in [2.24, 2.45) is 5.73 Å². The molecule has 2 aromatic rings. The van der Waals surface area contributed by atoms with Crippen molar-refractivity contribution in [2.45, 2.75) is 62.8 Å². The van der Waals surface area contributed by atoms with Gasteiger partial charge in [0.05, 0.1) is 12.7 Å². The molecule has 2 aliphatic rings. The number of carbonyl (C=O) groups excluding carboxylic acids is 1. The third kappa shape index (κ3) is 5.91. The van der Waals surface area contributed by atoms with Gasteiger partial charge in [-0.1, -0.05) is 30.3 Å². The number of rotatable bonds is 6. The maximum atomic E-state index is 11.8. The first-order valence-corrected chi connectivity index (χ1v) is 10.8. The van der Waals surface area contributed by atoms with Crippen molar-refractivity contribution >= 4 is 18.3 Å². The Bertz CT molecular complexity index is 856. The van der Waals surface area contributed by atoms with Crippen molar-refractivity contribution in [3.05, 3.63) is 59.7 Å². The van der Waals surface area contributed by atoms with Crippen molar-refractivity contribution in [1.29, 1.82) is 0 Å². The molecule has 0 bridgehead atoms. The predicted molar refractivity (Wildman–Crippen MR) is 122 cm³/mol. The summed E-state index contributed by atoms with van der Waals surface area (Å²) in [5, 5.41) is 11.9. The van der Waals surface area contributed by atoms with Crippen LogP contribution in [0.25, 0.3) is 0 Å². The van der Waals surface area contributed by atoms with Gasteiger partial charge in [0.15, 0.2) is 0 Å². The molecule has 31 heavy (non-hydrogen) atoms. The first-order chi connectivity index (χ1) is 14.6. The van der Waals surface area contributed by atoms with E-state index in [0.29, 0.717) is 0 Å². The third-order valence-corrected chi connectivity index (χ3v) is 6.01. The van der Waals surface area contributed by atoms with E-state index in [0.717, 1.165) is 50.0 Å².